The molecular weight excluding hydrogens is 188 g/mol. The maximum absolute atomic E-state index is 11.5. The highest BCUT2D eigenvalue weighted by molar-refractivity contribution is 5.87. The van der Waals surface area contributed by atoms with Gasteiger partial charge in [0.15, 0.2) is 11.9 Å². The standard InChI is InChI=1S/C13H16O2/c1-8(2)10-4-5-13-11(6-10)7-12(14)9(3)15-13/h4-6,8-9H,7H2,1-3H3. The Morgan fingerprint density at radius 1 is 1.40 bits per heavy atom. The van der Waals surface area contributed by atoms with Crippen molar-refractivity contribution in [2.24, 2.45) is 0 Å². The van der Waals surface area contributed by atoms with Gasteiger partial charge in [0.2, 0.25) is 0 Å². The van der Waals surface area contributed by atoms with Crippen LogP contribution in [-0.2, 0) is 11.2 Å². The van der Waals surface area contributed by atoms with Crippen molar-refractivity contribution in [3.05, 3.63) is 29.3 Å². The van der Waals surface area contributed by atoms with Crippen molar-refractivity contribution in [3.8, 4) is 5.75 Å². The lowest BCUT2D eigenvalue weighted by molar-refractivity contribution is -0.125. The second-order valence-electron chi connectivity index (χ2n) is 4.43. The Morgan fingerprint density at radius 3 is 2.80 bits per heavy atom. The maximum Gasteiger partial charge on any atom is 0.177 e. The minimum Gasteiger partial charge on any atom is -0.483 e. The molecule has 0 radical (unpaired) electrons. The Kier molecular flexibility index (Phi) is 2.51. The lowest BCUT2D eigenvalue weighted by Gasteiger charge is -2.23. The van der Waals surface area contributed by atoms with E-state index in [9.17, 15) is 4.79 Å². The molecule has 0 aliphatic carbocycles. The second kappa shape index (κ2) is 3.69. The summed E-state index contributed by atoms with van der Waals surface area (Å²) in [5.74, 6) is 1.53. The molecule has 1 unspecified atom stereocenters. The molecule has 0 saturated heterocycles. The molecule has 80 valence electrons. The van der Waals surface area contributed by atoms with Crippen LogP contribution in [0.3, 0.4) is 0 Å². The summed E-state index contributed by atoms with van der Waals surface area (Å²) in [5.41, 5.74) is 2.30. The molecular formula is C13H16O2. The van der Waals surface area contributed by atoms with E-state index >= 15 is 0 Å². The summed E-state index contributed by atoms with van der Waals surface area (Å²) >= 11 is 0. The maximum atomic E-state index is 11.5. The molecule has 1 aromatic rings. The van der Waals surface area contributed by atoms with E-state index in [0.29, 0.717) is 12.3 Å². The molecule has 0 amide bonds. The Labute approximate surface area is 90.3 Å². The SMILES string of the molecule is CC1Oc2ccc(C(C)C)cc2CC1=O. The van der Waals surface area contributed by atoms with Crippen LogP contribution < -0.4 is 4.74 Å². The van der Waals surface area contributed by atoms with Gasteiger partial charge in [-0.25, -0.2) is 0 Å². The zero-order valence-corrected chi connectivity index (χ0v) is 9.41. The lowest BCUT2D eigenvalue weighted by Crippen LogP contribution is -2.30. The summed E-state index contributed by atoms with van der Waals surface area (Å²) in [6.07, 6.45) is 0.222. The summed E-state index contributed by atoms with van der Waals surface area (Å²) in [6, 6.07) is 6.14. The summed E-state index contributed by atoms with van der Waals surface area (Å²) in [7, 11) is 0. The molecule has 1 heterocycles. The van der Waals surface area contributed by atoms with Crippen molar-refractivity contribution in [2.75, 3.05) is 0 Å². The van der Waals surface area contributed by atoms with Gasteiger partial charge in [-0.2, -0.15) is 0 Å². The van der Waals surface area contributed by atoms with Crippen molar-refractivity contribution in [2.45, 2.75) is 39.2 Å². The zero-order valence-electron chi connectivity index (χ0n) is 9.41. The van der Waals surface area contributed by atoms with Gasteiger partial charge in [-0.3, -0.25) is 4.79 Å². The van der Waals surface area contributed by atoms with Crippen molar-refractivity contribution in [1.29, 1.82) is 0 Å². The van der Waals surface area contributed by atoms with E-state index in [0.717, 1.165) is 11.3 Å². The van der Waals surface area contributed by atoms with E-state index < -0.39 is 0 Å². The third-order valence-corrected chi connectivity index (χ3v) is 2.87. The van der Waals surface area contributed by atoms with Crippen LogP contribution in [-0.4, -0.2) is 11.9 Å². The van der Waals surface area contributed by atoms with Gasteiger partial charge in [0.25, 0.3) is 0 Å². The summed E-state index contributed by atoms with van der Waals surface area (Å²) in [6.45, 7) is 6.10. The third kappa shape index (κ3) is 1.89. The smallest absolute Gasteiger partial charge is 0.177 e. The van der Waals surface area contributed by atoms with Crippen LogP contribution >= 0.6 is 0 Å². The Bertz CT molecular complexity index is 394. The van der Waals surface area contributed by atoms with Crippen molar-refractivity contribution in [1.82, 2.24) is 0 Å². The van der Waals surface area contributed by atoms with Gasteiger partial charge in [0.05, 0.1) is 0 Å². The molecule has 1 atom stereocenters. The number of ketones is 1. The molecule has 0 spiro atoms. The van der Waals surface area contributed by atoms with Gasteiger partial charge in [0.1, 0.15) is 5.75 Å². The number of rotatable bonds is 1. The highest BCUT2D eigenvalue weighted by atomic mass is 16.5. The molecule has 0 fully saturated rings. The van der Waals surface area contributed by atoms with E-state index in [4.69, 9.17) is 4.74 Å². The van der Waals surface area contributed by atoms with Gasteiger partial charge in [-0.15, -0.1) is 0 Å². The first-order valence-electron chi connectivity index (χ1n) is 5.40. The van der Waals surface area contributed by atoms with Gasteiger partial charge < -0.3 is 4.74 Å². The topological polar surface area (TPSA) is 26.3 Å². The highest BCUT2D eigenvalue weighted by Gasteiger charge is 2.23. The number of Topliss-reactive ketones (excluding diaryl/α,β-unsaturated/α-hetero) is 1. The van der Waals surface area contributed by atoms with E-state index in [-0.39, 0.29) is 11.9 Å². The van der Waals surface area contributed by atoms with Crippen LogP contribution in [0.15, 0.2) is 18.2 Å². The van der Waals surface area contributed by atoms with Crippen molar-refractivity contribution >= 4 is 5.78 Å². The fourth-order valence-electron chi connectivity index (χ4n) is 1.80. The van der Waals surface area contributed by atoms with Crippen LogP contribution in [0.4, 0.5) is 0 Å². The Morgan fingerprint density at radius 2 is 2.13 bits per heavy atom. The quantitative estimate of drug-likeness (QED) is 0.703. The minimum atomic E-state index is -0.289. The normalized spacial score (nSPS) is 20.0. The number of fused-ring (bicyclic) bond motifs is 1. The van der Waals surface area contributed by atoms with Crippen molar-refractivity contribution < 1.29 is 9.53 Å². The van der Waals surface area contributed by atoms with Gasteiger partial charge in [-0.05, 0) is 24.5 Å². The Balaban J connectivity index is 2.37. The number of hydrogen-bond donors (Lipinski definition) is 0. The summed E-state index contributed by atoms with van der Waals surface area (Å²) < 4.78 is 5.53. The van der Waals surface area contributed by atoms with Crippen LogP contribution in [0.25, 0.3) is 0 Å². The number of hydrogen-bond acceptors (Lipinski definition) is 2. The fraction of sp³-hybridized carbons (Fsp3) is 0.462. The molecule has 0 aromatic heterocycles. The zero-order chi connectivity index (χ0) is 11.0. The average molecular weight is 204 g/mol. The van der Waals surface area contributed by atoms with Crippen LogP contribution in [0.5, 0.6) is 5.75 Å². The first-order valence-corrected chi connectivity index (χ1v) is 5.40. The molecule has 1 aliphatic rings. The lowest BCUT2D eigenvalue weighted by atomic mass is 9.95. The third-order valence-electron chi connectivity index (χ3n) is 2.87. The Hall–Kier alpha value is -1.31. The van der Waals surface area contributed by atoms with Crippen LogP contribution in [0, 0.1) is 0 Å². The molecule has 0 saturated carbocycles. The first kappa shape index (κ1) is 10.2. The molecule has 2 nitrogen and oxygen atoms in total. The molecule has 0 N–H and O–H groups in total. The van der Waals surface area contributed by atoms with E-state index in [1.807, 2.05) is 13.0 Å². The number of benzene rings is 1. The summed E-state index contributed by atoms with van der Waals surface area (Å²) in [4.78, 5) is 11.5. The van der Waals surface area contributed by atoms with Crippen molar-refractivity contribution in [3.63, 3.8) is 0 Å². The van der Waals surface area contributed by atoms with E-state index in [1.54, 1.807) is 0 Å². The number of carbonyl (C=O) groups excluding carboxylic acids is 1. The number of carbonyl (C=O) groups is 1. The fourth-order valence-corrected chi connectivity index (χ4v) is 1.80. The second-order valence-corrected chi connectivity index (χ2v) is 4.43. The minimum absolute atomic E-state index is 0.170. The van der Waals surface area contributed by atoms with Gasteiger partial charge >= 0.3 is 0 Å². The average Bonchev–Trinajstić information content (AvgIpc) is 2.19. The monoisotopic (exact) mass is 204 g/mol. The number of ether oxygens (including phenoxy) is 1. The predicted octanol–water partition coefficient (Wildman–Crippen LogP) is 2.70. The molecule has 1 aromatic carbocycles. The van der Waals surface area contributed by atoms with Crippen LogP contribution in [0.1, 0.15) is 37.8 Å². The van der Waals surface area contributed by atoms with E-state index in [2.05, 4.69) is 26.0 Å². The van der Waals surface area contributed by atoms with E-state index in [1.165, 1.54) is 5.56 Å². The van der Waals surface area contributed by atoms with Gasteiger partial charge in [0, 0.05) is 12.0 Å². The van der Waals surface area contributed by atoms with Gasteiger partial charge in [-0.1, -0.05) is 26.0 Å². The molecule has 0 bridgehead atoms. The molecule has 2 rings (SSSR count). The largest absolute Gasteiger partial charge is 0.483 e. The predicted molar refractivity (Wildman–Crippen MR) is 59.3 cm³/mol. The molecule has 2 heteroatoms. The molecule has 15 heavy (non-hydrogen) atoms. The molecule has 1 aliphatic heterocycles. The van der Waals surface area contributed by atoms with Crippen LogP contribution in [0.2, 0.25) is 0 Å². The summed E-state index contributed by atoms with van der Waals surface area (Å²) in [5, 5.41) is 0. The first-order chi connectivity index (χ1) is 7.08. The highest BCUT2D eigenvalue weighted by Crippen LogP contribution is 2.29.